The Balaban J connectivity index is 2.02. The molecule has 0 radical (unpaired) electrons. The van der Waals surface area contributed by atoms with Crippen molar-refractivity contribution >= 4 is 15.7 Å². The number of sulfonamides is 1. The van der Waals surface area contributed by atoms with Gasteiger partial charge in [-0.15, -0.1) is 0 Å². The van der Waals surface area contributed by atoms with Crippen LogP contribution in [0.4, 0.5) is 5.69 Å². The molecule has 0 aliphatic carbocycles. The average Bonchev–Trinajstić information content (AvgIpc) is 2.61. The van der Waals surface area contributed by atoms with Crippen molar-refractivity contribution in [1.82, 2.24) is 9.62 Å². The Bertz CT molecular complexity index is 907. The summed E-state index contributed by atoms with van der Waals surface area (Å²) in [5, 5.41) is 14.5. The van der Waals surface area contributed by atoms with Crippen LogP contribution in [0.3, 0.4) is 0 Å². The van der Waals surface area contributed by atoms with E-state index in [0.717, 1.165) is 16.7 Å². The number of benzene rings is 2. The van der Waals surface area contributed by atoms with Gasteiger partial charge in [-0.1, -0.05) is 38.1 Å². The number of rotatable bonds is 8. The highest BCUT2D eigenvalue weighted by atomic mass is 32.2. The molecule has 0 spiro atoms. The first-order valence-electron chi connectivity index (χ1n) is 8.62. The molecule has 0 heterocycles. The van der Waals surface area contributed by atoms with Crippen molar-refractivity contribution < 1.29 is 13.3 Å². The van der Waals surface area contributed by atoms with Gasteiger partial charge in [-0.25, -0.2) is 12.7 Å². The average molecular weight is 391 g/mol. The maximum absolute atomic E-state index is 12.1. The number of hydrogen-bond donors (Lipinski definition) is 1. The Morgan fingerprint density at radius 3 is 2.11 bits per heavy atom. The molecular weight excluding hydrogens is 366 g/mol. The first-order valence-corrected chi connectivity index (χ1v) is 10.1. The second kappa shape index (κ2) is 8.60. The van der Waals surface area contributed by atoms with Crippen LogP contribution in [0, 0.1) is 10.1 Å². The molecule has 0 unspecified atom stereocenters. The van der Waals surface area contributed by atoms with Crippen LogP contribution in [-0.2, 0) is 23.1 Å². The van der Waals surface area contributed by atoms with Crippen LogP contribution in [0.1, 0.15) is 36.5 Å². The van der Waals surface area contributed by atoms with Crippen LogP contribution < -0.4 is 5.32 Å². The molecule has 0 fully saturated rings. The standard InChI is InChI=1S/C19H25N3O4S/c1-14(2)18-10-7-16(11-19(18)22(23)24)13-20-12-15-5-8-17(9-6-15)27(25,26)21(3)4/h5-11,14,20H,12-13H2,1-4H3. The van der Waals surface area contributed by atoms with Crippen LogP contribution in [0.25, 0.3) is 0 Å². The third-order valence-corrected chi connectivity index (χ3v) is 6.10. The molecule has 146 valence electrons. The largest absolute Gasteiger partial charge is 0.309 e. The highest BCUT2D eigenvalue weighted by molar-refractivity contribution is 7.89. The Hall–Kier alpha value is -2.29. The summed E-state index contributed by atoms with van der Waals surface area (Å²) in [6.45, 7) is 4.87. The summed E-state index contributed by atoms with van der Waals surface area (Å²) in [7, 11) is -0.443. The lowest BCUT2D eigenvalue weighted by Crippen LogP contribution is -2.22. The zero-order chi connectivity index (χ0) is 20.2. The molecule has 0 aliphatic heterocycles. The molecule has 0 saturated heterocycles. The van der Waals surface area contributed by atoms with Gasteiger partial charge in [-0.3, -0.25) is 10.1 Å². The minimum Gasteiger partial charge on any atom is -0.309 e. The van der Waals surface area contributed by atoms with Crippen molar-refractivity contribution in [2.24, 2.45) is 0 Å². The van der Waals surface area contributed by atoms with E-state index in [1.807, 2.05) is 19.9 Å². The minimum atomic E-state index is -3.43. The van der Waals surface area contributed by atoms with Gasteiger partial charge in [0.15, 0.2) is 0 Å². The molecule has 0 saturated carbocycles. The second-order valence-corrected chi connectivity index (χ2v) is 8.99. The molecule has 0 aliphatic rings. The van der Waals surface area contributed by atoms with Crippen molar-refractivity contribution in [3.05, 3.63) is 69.3 Å². The van der Waals surface area contributed by atoms with E-state index in [1.54, 1.807) is 36.4 Å². The van der Waals surface area contributed by atoms with E-state index in [1.165, 1.54) is 18.4 Å². The first-order chi connectivity index (χ1) is 12.6. The maximum atomic E-state index is 12.1. The third kappa shape index (κ3) is 5.12. The number of nitrogens with one attached hydrogen (secondary N) is 1. The van der Waals surface area contributed by atoms with E-state index in [9.17, 15) is 18.5 Å². The molecule has 0 atom stereocenters. The lowest BCUT2D eigenvalue weighted by Gasteiger charge is -2.12. The molecule has 7 nitrogen and oxygen atoms in total. The molecule has 2 rings (SSSR count). The topological polar surface area (TPSA) is 92.6 Å². The van der Waals surface area contributed by atoms with Crippen LogP contribution in [0.5, 0.6) is 0 Å². The molecule has 8 heteroatoms. The van der Waals surface area contributed by atoms with Crippen molar-refractivity contribution in [3.63, 3.8) is 0 Å². The SMILES string of the molecule is CC(C)c1ccc(CNCc2ccc(S(=O)(=O)N(C)C)cc2)cc1[N+](=O)[O-]. The van der Waals surface area contributed by atoms with Gasteiger partial charge in [-0.2, -0.15) is 0 Å². The van der Waals surface area contributed by atoms with E-state index in [-0.39, 0.29) is 21.4 Å². The third-order valence-electron chi connectivity index (χ3n) is 4.27. The Morgan fingerprint density at radius 1 is 1.04 bits per heavy atom. The first kappa shape index (κ1) is 21.0. The summed E-state index contributed by atoms with van der Waals surface area (Å²) in [5.74, 6) is 0.0874. The fourth-order valence-electron chi connectivity index (χ4n) is 2.69. The van der Waals surface area contributed by atoms with Crippen molar-refractivity contribution in [3.8, 4) is 0 Å². The molecule has 2 aromatic carbocycles. The Kier molecular flexibility index (Phi) is 6.69. The molecule has 0 aromatic heterocycles. The van der Waals surface area contributed by atoms with Gasteiger partial charge in [0.25, 0.3) is 5.69 Å². The lowest BCUT2D eigenvalue weighted by atomic mass is 9.99. The van der Waals surface area contributed by atoms with E-state index in [0.29, 0.717) is 13.1 Å². The van der Waals surface area contributed by atoms with E-state index in [4.69, 9.17) is 0 Å². The highest BCUT2D eigenvalue weighted by Crippen LogP contribution is 2.27. The summed E-state index contributed by atoms with van der Waals surface area (Å²) in [4.78, 5) is 11.2. The number of hydrogen-bond acceptors (Lipinski definition) is 5. The normalized spacial score (nSPS) is 11.9. The fraction of sp³-hybridized carbons (Fsp3) is 0.368. The zero-order valence-corrected chi connectivity index (χ0v) is 16.8. The van der Waals surface area contributed by atoms with Crippen molar-refractivity contribution in [2.75, 3.05) is 14.1 Å². The maximum Gasteiger partial charge on any atom is 0.273 e. The van der Waals surface area contributed by atoms with Gasteiger partial charge in [-0.05, 0) is 29.2 Å². The quantitative estimate of drug-likeness (QED) is 0.551. The smallest absolute Gasteiger partial charge is 0.273 e. The summed E-state index contributed by atoms with van der Waals surface area (Å²) >= 11 is 0. The van der Waals surface area contributed by atoms with Gasteiger partial charge in [0.2, 0.25) is 10.0 Å². The molecule has 27 heavy (non-hydrogen) atoms. The highest BCUT2D eigenvalue weighted by Gasteiger charge is 2.17. The molecule has 0 amide bonds. The summed E-state index contributed by atoms with van der Waals surface area (Å²) in [5.41, 5.74) is 2.63. The van der Waals surface area contributed by atoms with Crippen LogP contribution in [0.15, 0.2) is 47.4 Å². The predicted octanol–water partition coefficient (Wildman–Crippen LogP) is 3.26. The van der Waals surface area contributed by atoms with Crippen LogP contribution >= 0.6 is 0 Å². The summed E-state index contributed by atoms with van der Waals surface area (Å²) in [6.07, 6.45) is 0. The number of nitro groups is 1. The van der Waals surface area contributed by atoms with Crippen LogP contribution in [-0.4, -0.2) is 31.7 Å². The van der Waals surface area contributed by atoms with Crippen molar-refractivity contribution in [2.45, 2.75) is 37.8 Å². The number of nitrogens with zero attached hydrogens (tertiary/aromatic N) is 2. The fourth-order valence-corrected chi connectivity index (χ4v) is 3.59. The Labute approximate surface area is 160 Å². The summed E-state index contributed by atoms with van der Waals surface area (Å²) < 4.78 is 25.3. The zero-order valence-electron chi connectivity index (χ0n) is 16.0. The Morgan fingerprint density at radius 2 is 1.59 bits per heavy atom. The van der Waals surface area contributed by atoms with Gasteiger partial charge < -0.3 is 5.32 Å². The van der Waals surface area contributed by atoms with Gasteiger partial charge >= 0.3 is 0 Å². The van der Waals surface area contributed by atoms with Gasteiger partial charge in [0.05, 0.1) is 9.82 Å². The van der Waals surface area contributed by atoms with Crippen LogP contribution in [0.2, 0.25) is 0 Å². The van der Waals surface area contributed by atoms with E-state index < -0.39 is 10.0 Å². The predicted molar refractivity (Wildman–Crippen MR) is 105 cm³/mol. The second-order valence-electron chi connectivity index (χ2n) is 6.84. The van der Waals surface area contributed by atoms with E-state index >= 15 is 0 Å². The monoisotopic (exact) mass is 391 g/mol. The minimum absolute atomic E-state index is 0.0874. The molecule has 1 N–H and O–H groups in total. The summed E-state index contributed by atoms with van der Waals surface area (Å²) in [6, 6.07) is 12.0. The van der Waals surface area contributed by atoms with Gasteiger partial charge in [0, 0.05) is 38.8 Å². The van der Waals surface area contributed by atoms with Crippen molar-refractivity contribution in [1.29, 1.82) is 0 Å². The molecular formula is C19H25N3O4S. The van der Waals surface area contributed by atoms with E-state index in [2.05, 4.69) is 5.32 Å². The van der Waals surface area contributed by atoms with Gasteiger partial charge in [0.1, 0.15) is 0 Å². The number of nitro benzene ring substituents is 1. The molecule has 0 bridgehead atoms. The molecule has 2 aromatic rings. The lowest BCUT2D eigenvalue weighted by molar-refractivity contribution is -0.385.